The summed E-state index contributed by atoms with van der Waals surface area (Å²) >= 11 is 0. The average molecular weight is 386 g/mol. The SMILES string of the molecule is CCc1ccccc1NC(=O)CN1CCN(C(=O)CNC(=O)[C@H]2C[C@H]2C)CC1. The Kier molecular flexibility index (Phi) is 6.67. The predicted octanol–water partition coefficient (Wildman–Crippen LogP) is 1.10. The Labute approximate surface area is 166 Å². The first-order chi connectivity index (χ1) is 13.5. The van der Waals surface area contributed by atoms with Crippen molar-refractivity contribution in [3.05, 3.63) is 29.8 Å². The van der Waals surface area contributed by atoms with Gasteiger partial charge in [0.25, 0.3) is 0 Å². The molecule has 3 rings (SSSR count). The monoisotopic (exact) mass is 386 g/mol. The van der Waals surface area contributed by atoms with Gasteiger partial charge in [0.05, 0.1) is 13.1 Å². The Bertz CT molecular complexity index is 728. The topological polar surface area (TPSA) is 81.8 Å². The summed E-state index contributed by atoms with van der Waals surface area (Å²) in [5.41, 5.74) is 1.98. The fourth-order valence-corrected chi connectivity index (χ4v) is 3.59. The summed E-state index contributed by atoms with van der Waals surface area (Å²) in [7, 11) is 0. The van der Waals surface area contributed by atoms with Crippen LogP contribution < -0.4 is 10.6 Å². The van der Waals surface area contributed by atoms with Crippen LogP contribution >= 0.6 is 0 Å². The Morgan fingerprint density at radius 2 is 1.79 bits per heavy atom. The third-order valence-corrected chi connectivity index (χ3v) is 5.62. The van der Waals surface area contributed by atoms with Crippen molar-refractivity contribution in [3.8, 4) is 0 Å². The minimum Gasteiger partial charge on any atom is -0.347 e. The third-order valence-electron chi connectivity index (χ3n) is 5.62. The molecule has 7 heteroatoms. The number of anilines is 1. The van der Waals surface area contributed by atoms with Gasteiger partial charge in [0.2, 0.25) is 17.7 Å². The van der Waals surface area contributed by atoms with E-state index in [-0.39, 0.29) is 30.2 Å². The summed E-state index contributed by atoms with van der Waals surface area (Å²) in [6.07, 6.45) is 1.79. The summed E-state index contributed by atoms with van der Waals surface area (Å²) in [6.45, 7) is 6.95. The molecular formula is C21H30N4O3. The molecule has 0 aromatic heterocycles. The maximum Gasteiger partial charge on any atom is 0.242 e. The maximum absolute atomic E-state index is 12.4. The van der Waals surface area contributed by atoms with E-state index in [1.165, 1.54) is 0 Å². The minimum absolute atomic E-state index is 0.0106. The van der Waals surface area contributed by atoms with Crippen LogP contribution in [0.25, 0.3) is 0 Å². The van der Waals surface area contributed by atoms with Gasteiger partial charge in [-0.1, -0.05) is 32.0 Å². The maximum atomic E-state index is 12.4. The molecule has 1 saturated carbocycles. The molecule has 7 nitrogen and oxygen atoms in total. The Morgan fingerprint density at radius 3 is 2.43 bits per heavy atom. The van der Waals surface area contributed by atoms with Gasteiger partial charge >= 0.3 is 0 Å². The number of piperazine rings is 1. The fraction of sp³-hybridized carbons (Fsp3) is 0.571. The number of rotatable bonds is 7. The number of para-hydroxylation sites is 1. The molecule has 2 N–H and O–H groups in total. The van der Waals surface area contributed by atoms with Crippen LogP contribution in [0.3, 0.4) is 0 Å². The third kappa shape index (κ3) is 5.32. The van der Waals surface area contributed by atoms with Crippen molar-refractivity contribution in [1.29, 1.82) is 0 Å². The van der Waals surface area contributed by atoms with Crippen molar-refractivity contribution in [2.75, 3.05) is 44.6 Å². The van der Waals surface area contributed by atoms with E-state index in [1.807, 2.05) is 31.2 Å². The van der Waals surface area contributed by atoms with Crippen molar-refractivity contribution in [2.24, 2.45) is 11.8 Å². The lowest BCUT2D eigenvalue weighted by Crippen LogP contribution is -2.52. The van der Waals surface area contributed by atoms with E-state index in [1.54, 1.807) is 4.90 Å². The molecule has 1 aliphatic heterocycles. The number of carbonyl (C=O) groups is 3. The van der Waals surface area contributed by atoms with Crippen molar-refractivity contribution in [1.82, 2.24) is 15.1 Å². The largest absolute Gasteiger partial charge is 0.347 e. The molecule has 0 unspecified atom stereocenters. The first-order valence-electron chi connectivity index (χ1n) is 10.1. The number of nitrogens with one attached hydrogen (secondary N) is 2. The highest BCUT2D eigenvalue weighted by Gasteiger charge is 2.39. The molecule has 2 atom stereocenters. The van der Waals surface area contributed by atoms with E-state index in [0.717, 1.165) is 24.1 Å². The van der Waals surface area contributed by atoms with Crippen molar-refractivity contribution >= 4 is 23.4 Å². The molecule has 1 aliphatic carbocycles. The predicted molar refractivity (Wildman–Crippen MR) is 108 cm³/mol. The molecule has 1 saturated heterocycles. The van der Waals surface area contributed by atoms with Crippen molar-refractivity contribution < 1.29 is 14.4 Å². The van der Waals surface area contributed by atoms with Crippen LogP contribution in [0.4, 0.5) is 5.69 Å². The Balaban J connectivity index is 1.38. The number of nitrogens with zero attached hydrogens (tertiary/aromatic N) is 2. The van der Waals surface area contributed by atoms with Gasteiger partial charge in [0.1, 0.15) is 0 Å². The normalized spacial score (nSPS) is 21.9. The van der Waals surface area contributed by atoms with E-state index < -0.39 is 0 Å². The summed E-state index contributed by atoms with van der Waals surface area (Å²) in [5.74, 6) is 0.424. The van der Waals surface area contributed by atoms with E-state index in [0.29, 0.717) is 38.6 Å². The summed E-state index contributed by atoms with van der Waals surface area (Å²) in [5, 5.41) is 5.73. The first kappa shape index (κ1) is 20.3. The molecule has 1 aromatic carbocycles. The average Bonchev–Trinajstić information content (AvgIpc) is 3.43. The highest BCUT2D eigenvalue weighted by atomic mass is 16.2. The lowest BCUT2D eigenvalue weighted by molar-refractivity contribution is -0.134. The smallest absolute Gasteiger partial charge is 0.242 e. The number of hydrogen-bond acceptors (Lipinski definition) is 4. The van der Waals surface area contributed by atoms with Crippen molar-refractivity contribution in [3.63, 3.8) is 0 Å². The van der Waals surface area contributed by atoms with Crippen LogP contribution in [0.1, 0.15) is 25.8 Å². The van der Waals surface area contributed by atoms with Crippen LogP contribution in [0, 0.1) is 11.8 Å². The van der Waals surface area contributed by atoms with E-state index >= 15 is 0 Å². The molecule has 2 fully saturated rings. The molecule has 1 heterocycles. The Hall–Kier alpha value is -2.41. The minimum atomic E-state index is -0.0531. The molecule has 28 heavy (non-hydrogen) atoms. The van der Waals surface area contributed by atoms with Gasteiger partial charge in [-0.25, -0.2) is 0 Å². The first-order valence-corrected chi connectivity index (χ1v) is 10.1. The molecule has 0 radical (unpaired) electrons. The van der Waals surface area contributed by atoms with Gasteiger partial charge in [-0.05, 0) is 30.4 Å². The van der Waals surface area contributed by atoms with Gasteiger partial charge in [-0.2, -0.15) is 0 Å². The summed E-state index contributed by atoms with van der Waals surface area (Å²) in [6, 6.07) is 7.83. The molecule has 0 bridgehead atoms. The molecule has 2 aliphatic rings. The van der Waals surface area contributed by atoms with Crippen LogP contribution in [0.2, 0.25) is 0 Å². The number of hydrogen-bond donors (Lipinski definition) is 2. The zero-order chi connectivity index (χ0) is 20.1. The highest BCUT2D eigenvalue weighted by molar-refractivity contribution is 5.93. The molecule has 1 aromatic rings. The summed E-state index contributed by atoms with van der Waals surface area (Å²) in [4.78, 5) is 40.3. The van der Waals surface area contributed by atoms with Gasteiger partial charge < -0.3 is 15.5 Å². The van der Waals surface area contributed by atoms with Crippen LogP contribution in [-0.2, 0) is 20.8 Å². The standard InChI is InChI=1S/C21H30N4O3/c1-3-16-6-4-5-7-18(16)23-19(26)14-24-8-10-25(11-9-24)20(27)13-22-21(28)17-12-15(17)2/h4-7,15,17H,3,8-14H2,1-2H3,(H,22,28)(H,23,26)/t15-,17+/m1/s1. The van der Waals surface area contributed by atoms with E-state index in [2.05, 4.69) is 22.5 Å². The second-order valence-corrected chi connectivity index (χ2v) is 7.75. The Morgan fingerprint density at radius 1 is 1.11 bits per heavy atom. The van der Waals surface area contributed by atoms with Gasteiger partial charge in [0.15, 0.2) is 0 Å². The molecular weight excluding hydrogens is 356 g/mol. The van der Waals surface area contributed by atoms with Crippen LogP contribution in [0.15, 0.2) is 24.3 Å². The number of aryl methyl sites for hydroxylation is 1. The zero-order valence-corrected chi connectivity index (χ0v) is 16.7. The fourth-order valence-electron chi connectivity index (χ4n) is 3.59. The van der Waals surface area contributed by atoms with Crippen molar-refractivity contribution in [2.45, 2.75) is 26.7 Å². The number of carbonyl (C=O) groups excluding carboxylic acids is 3. The quantitative estimate of drug-likeness (QED) is 0.735. The van der Waals surface area contributed by atoms with Gasteiger partial charge in [0, 0.05) is 37.8 Å². The van der Waals surface area contributed by atoms with Gasteiger partial charge in [-0.15, -0.1) is 0 Å². The van der Waals surface area contributed by atoms with E-state index in [4.69, 9.17) is 0 Å². The van der Waals surface area contributed by atoms with Crippen LogP contribution in [-0.4, -0.2) is 66.8 Å². The second-order valence-electron chi connectivity index (χ2n) is 7.75. The van der Waals surface area contributed by atoms with E-state index in [9.17, 15) is 14.4 Å². The molecule has 0 spiro atoms. The van der Waals surface area contributed by atoms with Crippen LogP contribution in [0.5, 0.6) is 0 Å². The highest BCUT2D eigenvalue weighted by Crippen LogP contribution is 2.37. The molecule has 3 amide bonds. The zero-order valence-electron chi connectivity index (χ0n) is 16.7. The second kappa shape index (κ2) is 9.19. The lowest BCUT2D eigenvalue weighted by atomic mass is 10.1. The summed E-state index contributed by atoms with van der Waals surface area (Å²) < 4.78 is 0. The number of amides is 3. The van der Waals surface area contributed by atoms with Gasteiger partial charge in [-0.3, -0.25) is 19.3 Å². The number of benzene rings is 1. The molecule has 152 valence electrons. The lowest BCUT2D eigenvalue weighted by Gasteiger charge is -2.34.